The van der Waals surface area contributed by atoms with Crippen LogP contribution in [-0.2, 0) is 0 Å². The van der Waals surface area contributed by atoms with Crippen molar-refractivity contribution in [1.29, 1.82) is 0 Å². The van der Waals surface area contributed by atoms with Crippen molar-refractivity contribution in [3.05, 3.63) is 22.2 Å². The smallest absolute Gasteiger partial charge is 0.276 e. The Kier molecular flexibility index (Phi) is 4.08. The fourth-order valence-electron chi connectivity index (χ4n) is 2.64. The number of nitrogens with zero attached hydrogens (tertiary/aromatic N) is 3. The zero-order valence-corrected chi connectivity index (χ0v) is 11.8. The lowest BCUT2D eigenvalue weighted by atomic mass is 10.0. The maximum Gasteiger partial charge on any atom is 0.276 e. The standard InChI is InChI=1S/C13H20N4O3/c1-14-11-7-10(17(19)20)8-12(15-11)16(2)9-13(18)5-3-4-6-13/h7-8,18H,3-6,9H2,1-2H3,(H,14,15). The fraction of sp³-hybridized carbons (Fsp3) is 0.615. The van der Waals surface area contributed by atoms with Crippen molar-refractivity contribution in [2.75, 3.05) is 30.9 Å². The van der Waals surface area contributed by atoms with Crippen molar-refractivity contribution in [3.8, 4) is 0 Å². The van der Waals surface area contributed by atoms with Gasteiger partial charge in [-0.25, -0.2) is 4.98 Å². The molecule has 1 fully saturated rings. The number of hydrogen-bond acceptors (Lipinski definition) is 6. The monoisotopic (exact) mass is 280 g/mol. The van der Waals surface area contributed by atoms with Crippen LogP contribution in [0.5, 0.6) is 0 Å². The van der Waals surface area contributed by atoms with Gasteiger partial charge in [-0.1, -0.05) is 12.8 Å². The van der Waals surface area contributed by atoms with Crippen molar-refractivity contribution < 1.29 is 10.0 Å². The summed E-state index contributed by atoms with van der Waals surface area (Å²) in [5, 5.41) is 24.2. The first-order valence-corrected chi connectivity index (χ1v) is 6.71. The van der Waals surface area contributed by atoms with Gasteiger partial charge in [-0.3, -0.25) is 10.1 Å². The Bertz CT molecular complexity index is 500. The Balaban J connectivity index is 2.22. The van der Waals surface area contributed by atoms with Gasteiger partial charge in [-0.15, -0.1) is 0 Å². The summed E-state index contributed by atoms with van der Waals surface area (Å²) >= 11 is 0. The Morgan fingerprint density at radius 2 is 2.15 bits per heavy atom. The molecule has 1 heterocycles. The zero-order chi connectivity index (χ0) is 14.8. The molecule has 7 nitrogen and oxygen atoms in total. The Hall–Kier alpha value is -1.89. The second-order valence-electron chi connectivity index (χ2n) is 5.36. The van der Waals surface area contributed by atoms with E-state index in [9.17, 15) is 15.2 Å². The van der Waals surface area contributed by atoms with Gasteiger partial charge >= 0.3 is 0 Å². The summed E-state index contributed by atoms with van der Waals surface area (Å²) in [5.41, 5.74) is -0.717. The average Bonchev–Trinajstić information content (AvgIpc) is 2.84. The number of nitrogens with one attached hydrogen (secondary N) is 1. The van der Waals surface area contributed by atoms with E-state index in [2.05, 4.69) is 10.3 Å². The van der Waals surface area contributed by atoms with E-state index in [4.69, 9.17) is 0 Å². The van der Waals surface area contributed by atoms with Crippen LogP contribution >= 0.6 is 0 Å². The van der Waals surface area contributed by atoms with E-state index < -0.39 is 10.5 Å². The molecular formula is C13H20N4O3. The van der Waals surface area contributed by atoms with Crippen LogP contribution in [0, 0.1) is 10.1 Å². The minimum atomic E-state index is -0.707. The van der Waals surface area contributed by atoms with Crippen molar-refractivity contribution in [1.82, 2.24) is 4.98 Å². The second kappa shape index (κ2) is 5.62. The minimum Gasteiger partial charge on any atom is -0.388 e. The molecule has 0 radical (unpaired) electrons. The van der Waals surface area contributed by atoms with Crippen LogP contribution in [0.15, 0.2) is 12.1 Å². The molecule has 2 rings (SSSR count). The summed E-state index contributed by atoms with van der Waals surface area (Å²) in [4.78, 5) is 16.6. The molecule has 0 saturated heterocycles. The number of rotatable bonds is 5. The molecule has 0 bridgehead atoms. The number of aromatic nitrogens is 1. The van der Waals surface area contributed by atoms with Gasteiger partial charge in [0.15, 0.2) is 0 Å². The fourth-order valence-corrected chi connectivity index (χ4v) is 2.64. The van der Waals surface area contributed by atoms with Crippen molar-refractivity contribution in [2.45, 2.75) is 31.3 Å². The van der Waals surface area contributed by atoms with Gasteiger partial charge < -0.3 is 15.3 Å². The molecule has 1 aliphatic carbocycles. The zero-order valence-electron chi connectivity index (χ0n) is 11.8. The molecule has 0 spiro atoms. The van der Waals surface area contributed by atoms with Crippen LogP contribution in [0.4, 0.5) is 17.3 Å². The molecule has 1 aromatic heterocycles. The maximum absolute atomic E-state index is 10.9. The van der Waals surface area contributed by atoms with Gasteiger partial charge in [0, 0.05) is 20.6 Å². The quantitative estimate of drug-likeness (QED) is 0.631. The highest BCUT2D eigenvalue weighted by atomic mass is 16.6. The third kappa shape index (κ3) is 3.16. The molecule has 0 atom stereocenters. The average molecular weight is 280 g/mol. The molecule has 1 aromatic rings. The van der Waals surface area contributed by atoms with E-state index >= 15 is 0 Å². The van der Waals surface area contributed by atoms with Crippen LogP contribution in [0.3, 0.4) is 0 Å². The number of aliphatic hydroxyl groups is 1. The first-order valence-electron chi connectivity index (χ1n) is 6.71. The van der Waals surface area contributed by atoms with E-state index in [1.807, 2.05) is 0 Å². The predicted molar refractivity (Wildman–Crippen MR) is 77.1 cm³/mol. The summed E-state index contributed by atoms with van der Waals surface area (Å²) in [6.45, 7) is 0.435. The highest BCUT2D eigenvalue weighted by Gasteiger charge is 2.32. The molecule has 0 amide bonds. The van der Waals surface area contributed by atoms with Crippen LogP contribution in [0.2, 0.25) is 0 Å². The van der Waals surface area contributed by atoms with E-state index in [1.165, 1.54) is 12.1 Å². The van der Waals surface area contributed by atoms with Crippen molar-refractivity contribution in [2.24, 2.45) is 0 Å². The Labute approximate surface area is 117 Å². The number of hydrogen-bond donors (Lipinski definition) is 2. The summed E-state index contributed by atoms with van der Waals surface area (Å²) in [6.07, 6.45) is 3.58. The third-order valence-electron chi connectivity index (χ3n) is 3.72. The summed E-state index contributed by atoms with van der Waals surface area (Å²) in [7, 11) is 3.46. The number of nitro groups is 1. The van der Waals surface area contributed by atoms with E-state index in [-0.39, 0.29) is 5.69 Å². The molecule has 0 aromatic carbocycles. The van der Waals surface area contributed by atoms with E-state index in [0.717, 1.165) is 25.7 Å². The summed E-state index contributed by atoms with van der Waals surface area (Å²) < 4.78 is 0. The van der Waals surface area contributed by atoms with Gasteiger partial charge in [-0.2, -0.15) is 0 Å². The van der Waals surface area contributed by atoms with Crippen molar-refractivity contribution in [3.63, 3.8) is 0 Å². The SMILES string of the molecule is CNc1cc([N+](=O)[O-])cc(N(C)CC2(O)CCCC2)n1. The molecule has 110 valence electrons. The minimum absolute atomic E-state index is 0.00962. The Morgan fingerprint density at radius 3 is 2.70 bits per heavy atom. The number of anilines is 2. The molecule has 7 heteroatoms. The van der Waals surface area contributed by atoms with Gasteiger partial charge in [0.05, 0.1) is 22.7 Å². The second-order valence-corrected chi connectivity index (χ2v) is 5.36. The molecule has 1 aliphatic rings. The maximum atomic E-state index is 10.9. The topological polar surface area (TPSA) is 91.5 Å². The van der Waals surface area contributed by atoms with Crippen LogP contribution in [-0.4, -0.2) is 41.3 Å². The van der Waals surface area contributed by atoms with E-state index in [0.29, 0.717) is 18.2 Å². The van der Waals surface area contributed by atoms with Crippen LogP contribution in [0.1, 0.15) is 25.7 Å². The molecule has 2 N–H and O–H groups in total. The summed E-state index contributed by atoms with van der Waals surface area (Å²) in [6, 6.07) is 2.82. The van der Waals surface area contributed by atoms with Gasteiger partial charge in [-0.05, 0) is 12.8 Å². The molecular weight excluding hydrogens is 260 g/mol. The normalized spacial score (nSPS) is 16.9. The van der Waals surface area contributed by atoms with E-state index in [1.54, 1.807) is 19.0 Å². The third-order valence-corrected chi connectivity index (χ3v) is 3.72. The largest absolute Gasteiger partial charge is 0.388 e. The number of likely N-dealkylation sites (N-methyl/N-ethyl adjacent to an activating group) is 1. The number of pyridine rings is 1. The highest BCUT2D eigenvalue weighted by Crippen LogP contribution is 2.31. The van der Waals surface area contributed by atoms with Crippen LogP contribution in [0.25, 0.3) is 0 Å². The van der Waals surface area contributed by atoms with Gasteiger partial charge in [0.1, 0.15) is 11.6 Å². The van der Waals surface area contributed by atoms with Crippen LogP contribution < -0.4 is 10.2 Å². The molecule has 0 unspecified atom stereocenters. The molecule has 1 saturated carbocycles. The van der Waals surface area contributed by atoms with Gasteiger partial charge in [0.2, 0.25) is 0 Å². The van der Waals surface area contributed by atoms with Gasteiger partial charge in [0.25, 0.3) is 5.69 Å². The predicted octanol–water partition coefficient (Wildman–Crippen LogP) is 1.77. The molecule has 20 heavy (non-hydrogen) atoms. The lowest BCUT2D eigenvalue weighted by molar-refractivity contribution is -0.384. The lowest BCUT2D eigenvalue weighted by Crippen LogP contribution is -2.39. The van der Waals surface area contributed by atoms with Crippen molar-refractivity contribution >= 4 is 17.3 Å². The lowest BCUT2D eigenvalue weighted by Gasteiger charge is -2.29. The first-order chi connectivity index (χ1) is 9.43. The first kappa shape index (κ1) is 14.5. The summed E-state index contributed by atoms with van der Waals surface area (Å²) in [5.74, 6) is 0.934. The highest BCUT2D eigenvalue weighted by molar-refractivity contribution is 5.55. The Morgan fingerprint density at radius 1 is 1.50 bits per heavy atom. The molecule has 0 aliphatic heterocycles.